The van der Waals surface area contributed by atoms with Crippen molar-refractivity contribution in [2.75, 3.05) is 0 Å². The zero-order chi connectivity index (χ0) is 13.6. The van der Waals surface area contributed by atoms with Crippen LogP contribution < -0.4 is 0 Å². The van der Waals surface area contributed by atoms with E-state index in [0.29, 0.717) is 0 Å². The van der Waals surface area contributed by atoms with E-state index in [9.17, 15) is 5.11 Å². The van der Waals surface area contributed by atoms with Crippen molar-refractivity contribution in [3.63, 3.8) is 0 Å². The smallest absolute Gasteiger partial charge is 0.0862 e. The van der Waals surface area contributed by atoms with E-state index in [1.54, 1.807) is 0 Å². The summed E-state index contributed by atoms with van der Waals surface area (Å²) in [6.45, 7) is 2.20. The molecule has 102 valence electrons. The summed E-state index contributed by atoms with van der Waals surface area (Å²) in [7, 11) is 0. The number of rotatable bonds is 6. The Morgan fingerprint density at radius 1 is 1.21 bits per heavy atom. The number of benzene rings is 1. The third kappa shape index (κ3) is 3.81. The van der Waals surface area contributed by atoms with E-state index in [4.69, 9.17) is 0 Å². The number of aliphatic hydroxyl groups is 1. The maximum absolute atomic E-state index is 10.5. The Bertz CT molecular complexity index is 444. The molecule has 0 heterocycles. The zero-order valence-corrected chi connectivity index (χ0v) is 11.8. The van der Waals surface area contributed by atoms with Crippen molar-refractivity contribution in [3.05, 3.63) is 53.6 Å². The predicted molar refractivity (Wildman–Crippen MR) is 81.9 cm³/mol. The Kier molecular flexibility index (Phi) is 4.98. The number of hydrogen-bond donors (Lipinski definition) is 1. The van der Waals surface area contributed by atoms with Crippen LogP contribution in [0.4, 0.5) is 0 Å². The fourth-order valence-corrected chi connectivity index (χ4v) is 2.59. The molecule has 1 saturated carbocycles. The van der Waals surface area contributed by atoms with Gasteiger partial charge in [0.05, 0.1) is 5.60 Å². The molecule has 1 aromatic carbocycles. The first-order valence-electron chi connectivity index (χ1n) is 7.40. The molecular weight excluding hydrogens is 232 g/mol. The van der Waals surface area contributed by atoms with Crippen LogP contribution in [0.1, 0.15) is 51.0 Å². The average molecular weight is 256 g/mol. The first kappa shape index (κ1) is 14.1. The van der Waals surface area contributed by atoms with Crippen molar-refractivity contribution in [3.8, 4) is 0 Å². The minimum atomic E-state index is -0.504. The van der Waals surface area contributed by atoms with Crippen molar-refractivity contribution in [2.45, 2.75) is 51.0 Å². The van der Waals surface area contributed by atoms with Gasteiger partial charge in [-0.2, -0.15) is 0 Å². The van der Waals surface area contributed by atoms with Gasteiger partial charge in [0, 0.05) is 0 Å². The molecule has 1 N–H and O–H groups in total. The van der Waals surface area contributed by atoms with Gasteiger partial charge in [-0.15, -0.1) is 0 Å². The number of hydrogen-bond acceptors (Lipinski definition) is 1. The molecule has 1 aliphatic carbocycles. The van der Waals surface area contributed by atoms with Crippen LogP contribution in [0.3, 0.4) is 0 Å². The van der Waals surface area contributed by atoms with Crippen LogP contribution in [-0.2, 0) is 0 Å². The van der Waals surface area contributed by atoms with Crippen LogP contribution >= 0.6 is 0 Å². The monoisotopic (exact) mass is 256 g/mol. The highest BCUT2D eigenvalue weighted by Crippen LogP contribution is 2.41. The number of unbranched alkanes of at least 4 members (excludes halogenated alkanes) is 2. The molecule has 19 heavy (non-hydrogen) atoms. The normalized spacial score (nSPS) is 24.8. The van der Waals surface area contributed by atoms with Crippen molar-refractivity contribution >= 4 is 6.08 Å². The van der Waals surface area contributed by atoms with Gasteiger partial charge in [-0.05, 0) is 30.4 Å². The standard InChI is InChI=1S/C18H24O/c1-2-3-7-14-18(19)15-13-17(18)12-8-11-16-9-5-4-6-10-16/h4-6,8-12,19H,2-3,7,13-15H2,1H3/b11-8+,17-12+. The van der Waals surface area contributed by atoms with E-state index in [0.717, 1.165) is 25.7 Å². The molecule has 0 saturated heterocycles. The highest BCUT2D eigenvalue weighted by atomic mass is 16.3. The summed E-state index contributed by atoms with van der Waals surface area (Å²) in [5.74, 6) is 0. The van der Waals surface area contributed by atoms with Gasteiger partial charge in [0.15, 0.2) is 0 Å². The largest absolute Gasteiger partial charge is 0.385 e. The molecule has 1 atom stereocenters. The molecule has 1 aliphatic rings. The van der Waals surface area contributed by atoms with Gasteiger partial charge in [-0.1, -0.05) is 74.7 Å². The summed E-state index contributed by atoms with van der Waals surface area (Å²) >= 11 is 0. The lowest BCUT2D eigenvalue weighted by Gasteiger charge is -2.40. The molecule has 1 heteroatoms. The highest BCUT2D eigenvalue weighted by Gasteiger charge is 2.38. The van der Waals surface area contributed by atoms with E-state index >= 15 is 0 Å². The van der Waals surface area contributed by atoms with Crippen molar-refractivity contribution < 1.29 is 5.11 Å². The summed E-state index contributed by atoms with van der Waals surface area (Å²) in [6.07, 6.45) is 12.7. The second kappa shape index (κ2) is 6.72. The van der Waals surface area contributed by atoms with Crippen LogP contribution in [-0.4, -0.2) is 10.7 Å². The van der Waals surface area contributed by atoms with E-state index < -0.39 is 5.60 Å². The second-order valence-corrected chi connectivity index (χ2v) is 5.45. The van der Waals surface area contributed by atoms with Crippen LogP contribution in [0, 0.1) is 0 Å². The maximum Gasteiger partial charge on any atom is 0.0862 e. The lowest BCUT2D eigenvalue weighted by Crippen LogP contribution is -2.39. The quantitative estimate of drug-likeness (QED) is 0.729. The molecule has 2 rings (SSSR count). The second-order valence-electron chi connectivity index (χ2n) is 5.45. The van der Waals surface area contributed by atoms with Crippen LogP contribution in [0.2, 0.25) is 0 Å². The van der Waals surface area contributed by atoms with E-state index in [2.05, 4.69) is 37.3 Å². The molecule has 0 bridgehead atoms. The molecule has 0 aromatic heterocycles. The summed E-state index contributed by atoms with van der Waals surface area (Å²) in [6, 6.07) is 10.3. The van der Waals surface area contributed by atoms with Gasteiger partial charge in [0.25, 0.3) is 0 Å². The minimum absolute atomic E-state index is 0.504. The Morgan fingerprint density at radius 3 is 2.63 bits per heavy atom. The average Bonchev–Trinajstić information content (AvgIpc) is 2.43. The van der Waals surface area contributed by atoms with E-state index in [-0.39, 0.29) is 0 Å². The summed E-state index contributed by atoms with van der Waals surface area (Å²) in [5.41, 5.74) is 1.90. The Hall–Kier alpha value is -1.34. The van der Waals surface area contributed by atoms with Crippen molar-refractivity contribution in [1.82, 2.24) is 0 Å². The predicted octanol–water partition coefficient (Wildman–Crippen LogP) is 4.73. The Morgan fingerprint density at radius 2 is 2.00 bits per heavy atom. The van der Waals surface area contributed by atoms with Gasteiger partial charge >= 0.3 is 0 Å². The Balaban J connectivity index is 1.91. The van der Waals surface area contributed by atoms with Gasteiger partial charge < -0.3 is 5.11 Å². The summed E-state index contributed by atoms with van der Waals surface area (Å²) in [5, 5.41) is 10.5. The minimum Gasteiger partial charge on any atom is -0.385 e. The maximum atomic E-state index is 10.5. The fraction of sp³-hybridized carbons (Fsp3) is 0.444. The number of allylic oxidation sites excluding steroid dienone is 2. The summed E-state index contributed by atoms with van der Waals surface area (Å²) < 4.78 is 0. The van der Waals surface area contributed by atoms with Crippen molar-refractivity contribution in [2.24, 2.45) is 0 Å². The third-order valence-electron chi connectivity index (χ3n) is 3.99. The lowest BCUT2D eigenvalue weighted by molar-refractivity contribution is 0.0161. The van der Waals surface area contributed by atoms with Crippen molar-refractivity contribution in [1.29, 1.82) is 0 Å². The van der Waals surface area contributed by atoms with Gasteiger partial charge in [0.2, 0.25) is 0 Å². The molecule has 1 nitrogen and oxygen atoms in total. The van der Waals surface area contributed by atoms with E-state index in [1.165, 1.54) is 24.0 Å². The van der Waals surface area contributed by atoms with Crippen LogP contribution in [0.15, 0.2) is 48.1 Å². The fourth-order valence-electron chi connectivity index (χ4n) is 2.59. The molecule has 0 radical (unpaired) electrons. The van der Waals surface area contributed by atoms with E-state index in [1.807, 2.05) is 18.2 Å². The van der Waals surface area contributed by atoms with Crippen LogP contribution in [0.25, 0.3) is 6.08 Å². The van der Waals surface area contributed by atoms with Gasteiger partial charge in [-0.25, -0.2) is 0 Å². The molecule has 1 aromatic rings. The first-order valence-corrected chi connectivity index (χ1v) is 7.40. The first-order chi connectivity index (χ1) is 9.24. The van der Waals surface area contributed by atoms with Crippen LogP contribution in [0.5, 0.6) is 0 Å². The molecule has 1 unspecified atom stereocenters. The molecule has 0 spiro atoms. The highest BCUT2D eigenvalue weighted by molar-refractivity contribution is 5.51. The zero-order valence-electron chi connectivity index (χ0n) is 11.8. The molecular formula is C18H24O. The SMILES string of the molecule is CCCCCC1(O)CC/C1=C\C=C\c1ccccc1. The molecule has 0 amide bonds. The van der Waals surface area contributed by atoms with Gasteiger partial charge in [0.1, 0.15) is 0 Å². The third-order valence-corrected chi connectivity index (χ3v) is 3.99. The topological polar surface area (TPSA) is 20.2 Å². The lowest BCUT2D eigenvalue weighted by atomic mass is 9.71. The molecule has 0 aliphatic heterocycles. The molecule has 1 fully saturated rings. The Labute approximate surface area is 116 Å². The van der Waals surface area contributed by atoms with Gasteiger partial charge in [-0.3, -0.25) is 0 Å². The summed E-state index contributed by atoms with van der Waals surface area (Å²) in [4.78, 5) is 0.